The molecule has 0 radical (unpaired) electrons. The summed E-state index contributed by atoms with van der Waals surface area (Å²) in [5, 5.41) is 4.57. The van der Waals surface area contributed by atoms with E-state index in [0.717, 1.165) is 10.7 Å². The molecule has 0 spiro atoms. The zero-order valence-electron chi connectivity index (χ0n) is 14.6. The Morgan fingerprint density at radius 3 is 2.20 bits per heavy atom. The number of aromatic nitrogens is 2. The molecule has 0 aliphatic carbocycles. The van der Waals surface area contributed by atoms with Crippen molar-refractivity contribution in [2.45, 2.75) is 32.6 Å². The first-order chi connectivity index (χ1) is 11.7. The Kier molecular flexibility index (Phi) is 4.69. The van der Waals surface area contributed by atoms with Crippen LogP contribution in [0.4, 0.5) is 0 Å². The lowest BCUT2D eigenvalue weighted by molar-refractivity contribution is 0.0701. The lowest BCUT2D eigenvalue weighted by Gasteiger charge is -2.33. The van der Waals surface area contributed by atoms with Crippen molar-refractivity contribution in [3.05, 3.63) is 27.0 Å². The molecule has 1 aliphatic heterocycles. The summed E-state index contributed by atoms with van der Waals surface area (Å²) < 4.78 is 32.0. The van der Waals surface area contributed by atoms with Crippen LogP contribution in [0.1, 0.15) is 31.8 Å². The number of piperazine rings is 1. The molecule has 8 nitrogen and oxygen atoms in total. The molecule has 1 aliphatic rings. The number of carbonyl (C=O) groups is 1. The van der Waals surface area contributed by atoms with Gasteiger partial charge in [-0.25, -0.2) is 13.4 Å². The smallest absolute Gasteiger partial charge is 0.265 e. The van der Waals surface area contributed by atoms with Crippen LogP contribution in [0.3, 0.4) is 0 Å². The number of nitrogens with zero attached hydrogens (tertiary/aromatic N) is 4. The van der Waals surface area contributed by atoms with E-state index in [1.807, 2.05) is 13.8 Å². The maximum Gasteiger partial charge on any atom is 0.265 e. The fraction of sp³-hybridized carbons (Fsp3) is 0.533. The van der Waals surface area contributed by atoms with Crippen LogP contribution in [0.5, 0.6) is 0 Å². The molecule has 0 N–H and O–H groups in total. The number of sulfonamides is 1. The van der Waals surface area contributed by atoms with Crippen LogP contribution in [-0.2, 0) is 10.0 Å². The highest BCUT2D eigenvalue weighted by molar-refractivity contribution is 7.89. The molecule has 0 saturated carbocycles. The Hall–Kier alpha value is -1.78. The van der Waals surface area contributed by atoms with E-state index in [1.165, 1.54) is 15.6 Å². The van der Waals surface area contributed by atoms with Crippen LogP contribution in [0.15, 0.2) is 9.42 Å². The molecule has 0 atom stereocenters. The average molecular weight is 384 g/mol. The molecule has 1 amide bonds. The minimum absolute atomic E-state index is 0.0857. The van der Waals surface area contributed by atoms with E-state index in [-0.39, 0.29) is 29.7 Å². The largest absolute Gasteiger partial charge is 0.360 e. The molecule has 2 aromatic heterocycles. The second-order valence-electron chi connectivity index (χ2n) is 6.00. The number of amides is 1. The number of aryl methyl sites for hydroxylation is 4. The van der Waals surface area contributed by atoms with E-state index in [4.69, 9.17) is 4.52 Å². The fourth-order valence-electron chi connectivity index (χ4n) is 2.98. The topological polar surface area (TPSA) is 96.6 Å². The standard InChI is InChI=1S/C15H20N4O4S2/c1-9-13(24-12(4)16-9)15(20)18-5-7-19(8-6-18)25(21,22)14-10(2)17-23-11(14)3/h5-8H2,1-4H3. The van der Waals surface area contributed by atoms with Gasteiger partial charge in [0.05, 0.1) is 10.7 Å². The Bertz CT molecular complexity index is 889. The van der Waals surface area contributed by atoms with Gasteiger partial charge < -0.3 is 9.42 Å². The summed E-state index contributed by atoms with van der Waals surface area (Å²) in [5.74, 6) is 0.198. The quantitative estimate of drug-likeness (QED) is 0.796. The second kappa shape index (κ2) is 6.50. The monoisotopic (exact) mass is 384 g/mol. The molecule has 0 bridgehead atoms. The third kappa shape index (κ3) is 3.21. The molecule has 3 heterocycles. The molecule has 2 aromatic rings. The summed E-state index contributed by atoms with van der Waals surface area (Å²) in [7, 11) is -3.67. The second-order valence-corrected chi connectivity index (χ2v) is 9.07. The van der Waals surface area contributed by atoms with E-state index in [2.05, 4.69) is 10.1 Å². The van der Waals surface area contributed by atoms with Crippen molar-refractivity contribution in [1.82, 2.24) is 19.3 Å². The third-order valence-corrected chi connectivity index (χ3v) is 7.39. The van der Waals surface area contributed by atoms with Gasteiger partial charge >= 0.3 is 0 Å². The van der Waals surface area contributed by atoms with Gasteiger partial charge in [0.2, 0.25) is 10.0 Å². The number of rotatable bonds is 3. The van der Waals surface area contributed by atoms with Gasteiger partial charge in [-0.2, -0.15) is 4.31 Å². The fourth-order valence-corrected chi connectivity index (χ4v) is 5.58. The van der Waals surface area contributed by atoms with Gasteiger partial charge in [-0.05, 0) is 27.7 Å². The predicted octanol–water partition coefficient (Wildman–Crippen LogP) is 1.51. The van der Waals surface area contributed by atoms with E-state index in [0.29, 0.717) is 23.7 Å². The lowest BCUT2D eigenvalue weighted by atomic mass is 10.3. The van der Waals surface area contributed by atoms with Crippen molar-refractivity contribution in [1.29, 1.82) is 0 Å². The Balaban J connectivity index is 1.74. The van der Waals surface area contributed by atoms with Crippen LogP contribution in [0.25, 0.3) is 0 Å². The Morgan fingerprint density at radius 2 is 1.72 bits per heavy atom. The van der Waals surface area contributed by atoms with Crippen molar-refractivity contribution in [2.24, 2.45) is 0 Å². The molecule has 25 heavy (non-hydrogen) atoms. The highest BCUT2D eigenvalue weighted by atomic mass is 32.2. The SMILES string of the molecule is Cc1nc(C)c(C(=O)N2CCN(S(=O)(=O)c3c(C)noc3C)CC2)s1. The maximum atomic E-state index is 12.8. The molecular formula is C15H20N4O4S2. The van der Waals surface area contributed by atoms with E-state index < -0.39 is 10.0 Å². The molecular weight excluding hydrogens is 364 g/mol. The summed E-state index contributed by atoms with van der Waals surface area (Å²) in [4.78, 5) is 19.3. The van der Waals surface area contributed by atoms with Crippen molar-refractivity contribution in [3.8, 4) is 0 Å². The summed E-state index contributed by atoms with van der Waals surface area (Å²) >= 11 is 1.37. The molecule has 0 unspecified atom stereocenters. The zero-order chi connectivity index (χ0) is 18.4. The van der Waals surface area contributed by atoms with Crippen molar-refractivity contribution in [3.63, 3.8) is 0 Å². The highest BCUT2D eigenvalue weighted by Gasteiger charge is 2.34. The summed E-state index contributed by atoms with van der Waals surface area (Å²) in [6.45, 7) is 8.05. The predicted molar refractivity (Wildman–Crippen MR) is 92.2 cm³/mol. The summed E-state index contributed by atoms with van der Waals surface area (Å²) in [5.41, 5.74) is 1.07. The number of thiazole rings is 1. The zero-order valence-corrected chi connectivity index (χ0v) is 16.2. The number of carbonyl (C=O) groups excluding carboxylic acids is 1. The van der Waals surface area contributed by atoms with Crippen LogP contribution in [0.2, 0.25) is 0 Å². The Morgan fingerprint density at radius 1 is 1.08 bits per heavy atom. The van der Waals surface area contributed by atoms with E-state index in [1.54, 1.807) is 18.7 Å². The van der Waals surface area contributed by atoms with Gasteiger partial charge in [0.1, 0.15) is 15.5 Å². The molecule has 136 valence electrons. The molecule has 10 heteroatoms. The van der Waals surface area contributed by atoms with Gasteiger partial charge in [0, 0.05) is 26.2 Å². The number of hydrogen-bond donors (Lipinski definition) is 0. The van der Waals surface area contributed by atoms with Crippen LogP contribution < -0.4 is 0 Å². The van der Waals surface area contributed by atoms with E-state index in [9.17, 15) is 13.2 Å². The first-order valence-corrected chi connectivity index (χ1v) is 10.1. The molecule has 1 fully saturated rings. The normalized spacial score (nSPS) is 16.4. The highest BCUT2D eigenvalue weighted by Crippen LogP contribution is 2.25. The van der Waals surface area contributed by atoms with Crippen LogP contribution in [-0.4, -0.2) is 59.8 Å². The maximum absolute atomic E-state index is 12.8. The van der Waals surface area contributed by atoms with Crippen molar-refractivity contribution in [2.75, 3.05) is 26.2 Å². The Labute approximate surface area is 150 Å². The third-order valence-electron chi connectivity index (χ3n) is 4.19. The molecule has 1 saturated heterocycles. The minimum Gasteiger partial charge on any atom is -0.360 e. The van der Waals surface area contributed by atoms with Gasteiger partial charge in [0.15, 0.2) is 5.76 Å². The van der Waals surface area contributed by atoms with Gasteiger partial charge in [-0.3, -0.25) is 4.79 Å². The first-order valence-electron chi connectivity index (χ1n) is 7.88. The van der Waals surface area contributed by atoms with Gasteiger partial charge in [0.25, 0.3) is 5.91 Å². The van der Waals surface area contributed by atoms with Gasteiger partial charge in [-0.15, -0.1) is 11.3 Å². The first kappa shape index (κ1) is 18.0. The van der Waals surface area contributed by atoms with E-state index >= 15 is 0 Å². The molecule has 0 aromatic carbocycles. The number of hydrogen-bond acceptors (Lipinski definition) is 7. The van der Waals surface area contributed by atoms with Crippen LogP contribution in [0, 0.1) is 27.7 Å². The van der Waals surface area contributed by atoms with Crippen molar-refractivity contribution >= 4 is 27.3 Å². The minimum atomic E-state index is -3.67. The van der Waals surface area contributed by atoms with Gasteiger partial charge in [-0.1, -0.05) is 5.16 Å². The lowest BCUT2D eigenvalue weighted by Crippen LogP contribution is -2.50. The van der Waals surface area contributed by atoms with Crippen molar-refractivity contribution < 1.29 is 17.7 Å². The summed E-state index contributed by atoms with van der Waals surface area (Å²) in [6.07, 6.45) is 0. The summed E-state index contributed by atoms with van der Waals surface area (Å²) in [6, 6.07) is 0. The average Bonchev–Trinajstić information content (AvgIpc) is 3.08. The van der Waals surface area contributed by atoms with Crippen LogP contribution >= 0.6 is 11.3 Å². The molecule has 3 rings (SSSR count).